The minimum atomic E-state index is -0.773. The quantitative estimate of drug-likeness (QED) is 0.533. The van der Waals surface area contributed by atoms with Crippen molar-refractivity contribution in [2.24, 2.45) is 0 Å². The number of carbonyl (C=O) groups excluding carboxylic acids is 1. The third-order valence-corrected chi connectivity index (χ3v) is 4.19. The van der Waals surface area contributed by atoms with E-state index in [-0.39, 0.29) is 11.4 Å². The minimum Gasteiger partial charge on any atom is -0.469 e. The summed E-state index contributed by atoms with van der Waals surface area (Å²) in [6.45, 7) is 1.77. The van der Waals surface area contributed by atoms with Crippen LogP contribution in [-0.2, 0) is 4.79 Å². The summed E-state index contributed by atoms with van der Waals surface area (Å²) in [6, 6.07) is 4.48. The fourth-order valence-electron chi connectivity index (χ4n) is 2.13. The molecule has 0 fully saturated rings. The number of anilines is 1. The van der Waals surface area contributed by atoms with Crippen LogP contribution >= 0.6 is 11.8 Å². The van der Waals surface area contributed by atoms with Crippen LogP contribution in [0.2, 0.25) is 0 Å². The van der Waals surface area contributed by atoms with E-state index in [4.69, 9.17) is 10.3 Å². The molecule has 0 saturated carbocycles. The Morgan fingerprint density at radius 3 is 2.68 bits per heavy atom. The van der Waals surface area contributed by atoms with E-state index < -0.39 is 17.5 Å². The number of carbonyl (C=O) groups is 1. The van der Waals surface area contributed by atoms with Crippen molar-refractivity contribution in [3.8, 4) is 11.4 Å². The zero-order valence-corrected chi connectivity index (χ0v) is 13.8. The molecule has 1 amide bonds. The summed E-state index contributed by atoms with van der Waals surface area (Å²) < 4.78 is 32.7. The molecule has 0 aliphatic rings. The number of nitrogens with one attached hydrogen (secondary N) is 1. The summed E-state index contributed by atoms with van der Waals surface area (Å²) in [4.78, 5) is 11.9. The van der Waals surface area contributed by atoms with E-state index in [1.807, 2.05) is 0 Å². The lowest BCUT2D eigenvalue weighted by atomic mass is 10.2. The highest BCUT2D eigenvalue weighted by molar-refractivity contribution is 7.99. The van der Waals surface area contributed by atoms with Gasteiger partial charge in [0.15, 0.2) is 5.82 Å². The molecule has 7 nitrogen and oxygen atoms in total. The van der Waals surface area contributed by atoms with Crippen LogP contribution < -0.4 is 11.2 Å². The van der Waals surface area contributed by atoms with Crippen LogP contribution in [0.3, 0.4) is 0 Å². The van der Waals surface area contributed by atoms with Gasteiger partial charge in [-0.1, -0.05) is 11.8 Å². The number of nitrogens with two attached hydrogens (primary N) is 1. The molecular weight excluding hydrogens is 352 g/mol. The first-order chi connectivity index (χ1) is 11.9. The molecule has 0 aliphatic carbocycles. The van der Waals surface area contributed by atoms with Crippen LogP contribution in [0.1, 0.15) is 5.76 Å². The number of amides is 1. The molecule has 0 atom stereocenters. The number of nitrogens with zero attached hydrogens (tertiary/aromatic N) is 3. The van der Waals surface area contributed by atoms with Crippen molar-refractivity contribution in [2.45, 2.75) is 12.1 Å². The van der Waals surface area contributed by atoms with Gasteiger partial charge < -0.3 is 15.6 Å². The number of hydrogen-bond donors (Lipinski definition) is 2. The second-order valence-electron chi connectivity index (χ2n) is 5.06. The van der Waals surface area contributed by atoms with Gasteiger partial charge in [0.1, 0.15) is 17.4 Å². The van der Waals surface area contributed by atoms with Crippen molar-refractivity contribution in [2.75, 3.05) is 16.9 Å². The second-order valence-corrected chi connectivity index (χ2v) is 6.00. The van der Waals surface area contributed by atoms with Crippen LogP contribution in [0.25, 0.3) is 11.4 Å². The van der Waals surface area contributed by atoms with E-state index in [1.165, 1.54) is 10.9 Å². The highest BCUT2D eigenvalue weighted by Gasteiger charge is 2.16. The maximum absolute atomic E-state index is 13.1. The van der Waals surface area contributed by atoms with E-state index in [1.54, 1.807) is 13.0 Å². The molecule has 0 spiro atoms. The summed E-state index contributed by atoms with van der Waals surface area (Å²) in [5.41, 5.74) is 0.730. The van der Waals surface area contributed by atoms with Gasteiger partial charge in [-0.05, 0) is 25.1 Å². The van der Waals surface area contributed by atoms with Gasteiger partial charge in [0, 0.05) is 11.8 Å². The predicted molar refractivity (Wildman–Crippen MR) is 88.3 cm³/mol. The minimum absolute atomic E-state index is 0.0343. The van der Waals surface area contributed by atoms with Gasteiger partial charge in [-0.2, -0.15) is 0 Å². The fourth-order valence-corrected chi connectivity index (χ4v) is 2.79. The number of furan rings is 1. The average Bonchev–Trinajstić information content (AvgIpc) is 3.10. The zero-order chi connectivity index (χ0) is 18.0. The third-order valence-electron chi connectivity index (χ3n) is 3.24. The Labute approximate surface area is 145 Å². The molecule has 0 radical (unpaired) electrons. The zero-order valence-electron chi connectivity index (χ0n) is 13.0. The summed E-state index contributed by atoms with van der Waals surface area (Å²) in [6.07, 6.45) is 1.51. The molecular formula is C15H13F2N5O2S. The van der Waals surface area contributed by atoms with E-state index in [2.05, 4.69) is 15.5 Å². The first-order valence-electron chi connectivity index (χ1n) is 7.07. The van der Waals surface area contributed by atoms with Gasteiger partial charge in [0.25, 0.3) is 0 Å². The Kier molecular flexibility index (Phi) is 4.70. The number of hydrogen-bond acceptors (Lipinski definition) is 6. The first kappa shape index (κ1) is 17.0. The Balaban J connectivity index is 1.65. The number of aromatic nitrogens is 3. The van der Waals surface area contributed by atoms with E-state index in [0.29, 0.717) is 22.3 Å². The number of benzene rings is 1. The lowest BCUT2D eigenvalue weighted by Gasteiger charge is -2.06. The lowest BCUT2D eigenvalue weighted by molar-refractivity contribution is -0.113. The van der Waals surface area contributed by atoms with Gasteiger partial charge in [-0.3, -0.25) is 4.79 Å². The topological polar surface area (TPSA) is 99.0 Å². The molecule has 130 valence electrons. The van der Waals surface area contributed by atoms with Crippen LogP contribution in [0.15, 0.2) is 40.1 Å². The molecule has 1 aromatic carbocycles. The standard InChI is InChI=1S/C15H13F2N5O2S/c1-8-12(2-3-24-8)14-20-21-15(22(14)18)25-7-13(23)19-11-5-9(16)4-10(17)6-11/h2-6H,7,18H2,1H3,(H,19,23). The van der Waals surface area contributed by atoms with Gasteiger partial charge in [-0.15, -0.1) is 10.2 Å². The van der Waals surface area contributed by atoms with Crippen LogP contribution in [0, 0.1) is 18.6 Å². The molecule has 0 unspecified atom stereocenters. The maximum Gasteiger partial charge on any atom is 0.234 e. The number of thioether (sulfide) groups is 1. The van der Waals surface area contributed by atoms with Crippen molar-refractivity contribution in [3.05, 3.63) is 47.9 Å². The Morgan fingerprint density at radius 1 is 1.32 bits per heavy atom. The van der Waals surface area contributed by atoms with Crippen molar-refractivity contribution in [1.82, 2.24) is 14.9 Å². The summed E-state index contributed by atoms with van der Waals surface area (Å²) >= 11 is 1.04. The summed E-state index contributed by atoms with van der Waals surface area (Å²) in [7, 11) is 0. The molecule has 0 aliphatic heterocycles. The lowest BCUT2D eigenvalue weighted by Crippen LogP contribution is -2.16. The Hall–Kier alpha value is -2.88. The van der Waals surface area contributed by atoms with Gasteiger partial charge in [0.05, 0.1) is 17.6 Å². The Bertz CT molecular complexity index is 904. The molecule has 2 heterocycles. The largest absolute Gasteiger partial charge is 0.469 e. The maximum atomic E-state index is 13.1. The van der Waals surface area contributed by atoms with Crippen LogP contribution in [0.4, 0.5) is 14.5 Å². The number of halogens is 2. The van der Waals surface area contributed by atoms with E-state index in [9.17, 15) is 13.6 Å². The van der Waals surface area contributed by atoms with E-state index >= 15 is 0 Å². The van der Waals surface area contributed by atoms with Gasteiger partial charge in [0.2, 0.25) is 11.1 Å². The van der Waals surface area contributed by atoms with E-state index in [0.717, 1.165) is 30.0 Å². The molecule has 10 heteroatoms. The molecule has 25 heavy (non-hydrogen) atoms. The number of nitrogen functional groups attached to an aromatic ring is 1. The highest BCUT2D eigenvalue weighted by Crippen LogP contribution is 2.25. The molecule has 0 bridgehead atoms. The Morgan fingerprint density at radius 2 is 2.04 bits per heavy atom. The molecule has 3 rings (SSSR count). The smallest absolute Gasteiger partial charge is 0.234 e. The highest BCUT2D eigenvalue weighted by atomic mass is 32.2. The fraction of sp³-hybridized carbons (Fsp3) is 0.133. The monoisotopic (exact) mass is 365 g/mol. The SMILES string of the molecule is Cc1occc1-c1nnc(SCC(=O)Nc2cc(F)cc(F)c2)n1N. The van der Waals surface area contributed by atoms with Crippen molar-refractivity contribution in [1.29, 1.82) is 0 Å². The van der Waals surface area contributed by atoms with Crippen molar-refractivity contribution >= 4 is 23.4 Å². The molecule has 3 aromatic rings. The van der Waals surface area contributed by atoms with Crippen LogP contribution in [-0.4, -0.2) is 26.5 Å². The summed E-state index contributed by atoms with van der Waals surface area (Å²) in [5, 5.41) is 10.6. The average molecular weight is 365 g/mol. The number of aryl methyl sites for hydroxylation is 1. The second kappa shape index (κ2) is 6.93. The molecule has 2 aromatic heterocycles. The number of rotatable bonds is 5. The van der Waals surface area contributed by atoms with Crippen molar-refractivity contribution in [3.63, 3.8) is 0 Å². The molecule has 3 N–H and O–H groups in total. The predicted octanol–water partition coefficient (Wildman–Crippen LogP) is 2.57. The molecule has 0 saturated heterocycles. The van der Waals surface area contributed by atoms with Crippen LogP contribution in [0.5, 0.6) is 0 Å². The first-order valence-corrected chi connectivity index (χ1v) is 8.06. The third kappa shape index (κ3) is 3.79. The van der Waals surface area contributed by atoms with Crippen molar-refractivity contribution < 1.29 is 18.0 Å². The summed E-state index contributed by atoms with van der Waals surface area (Å²) in [5.74, 6) is 4.92. The van der Waals surface area contributed by atoms with Gasteiger partial charge in [-0.25, -0.2) is 13.5 Å². The van der Waals surface area contributed by atoms with Gasteiger partial charge >= 0.3 is 0 Å². The normalized spacial score (nSPS) is 10.8.